The molecule has 1 N–H and O–H groups in total. The number of nitrogens with zero attached hydrogens (tertiary/aromatic N) is 1. The molecule has 0 aliphatic rings. The number of carbonyl (C=O) groups is 1. The van der Waals surface area contributed by atoms with Crippen LogP contribution < -0.4 is 5.56 Å². The summed E-state index contributed by atoms with van der Waals surface area (Å²) in [4.78, 5) is 23.4. The molecule has 0 spiro atoms. The number of benzene rings is 1. The zero-order valence-corrected chi connectivity index (χ0v) is 11.4. The second kappa shape index (κ2) is 4.92. The maximum absolute atomic E-state index is 14.0. The van der Waals surface area contributed by atoms with E-state index in [-0.39, 0.29) is 16.9 Å². The number of pyridine rings is 1. The molecule has 4 nitrogen and oxygen atoms in total. The highest BCUT2D eigenvalue weighted by Gasteiger charge is 2.19. The zero-order valence-electron chi connectivity index (χ0n) is 11.4. The average molecular weight is 275 g/mol. The Kier molecular flexibility index (Phi) is 3.44. The van der Waals surface area contributed by atoms with E-state index in [1.54, 1.807) is 26.0 Å². The SMILES string of the molecule is Cc1cc(=O)n(-c2c(C)cccc2F)c(C)c1C(=O)O. The van der Waals surface area contributed by atoms with Gasteiger partial charge in [-0.25, -0.2) is 9.18 Å². The molecule has 0 radical (unpaired) electrons. The summed E-state index contributed by atoms with van der Waals surface area (Å²) in [7, 11) is 0. The smallest absolute Gasteiger partial charge is 0.337 e. The van der Waals surface area contributed by atoms with E-state index in [1.165, 1.54) is 19.1 Å². The molecule has 1 heterocycles. The number of carboxylic acids is 1. The number of hydrogen-bond acceptors (Lipinski definition) is 2. The molecule has 5 heteroatoms. The summed E-state index contributed by atoms with van der Waals surface area (Å²) >= 11 is 0. The number of rotatable bonds is 2. The summed E-state index contributed by atoms with van der Waals surface area (Å²) in [5.41, 5.74) is 0.819. The van der Waals surface area contributed by atoms with Crippen molar-refractivity contribution in [3.63, 3.8) is 0 Å². The molecule has 0 aliphatic heterocycles. The molecule has 0 atom stereocenters. The molecule has 0 bridgehead atoms. The number of carboxylic acid groups (broad SMARTS) is 1. The van der Waals surface area contributed by atoms with Crippen molar-refractivity contribution in [2.75, 3.05) is 0 Å². The molecule has 0 aliphatic carbocycles. The number of aromatic carboxylic acids is 1. The van der Waals surface area contributed by atoms with E-state index < -0.39 is 17.3 Å². The quantitative estimate of drug-likeness (QED) is 0.916. The molecule has 0 fully saturated rings. The lowest BCUT2D eigenvalue weighted by Gasteiger charge is -2.16. The largest absolute Gasteiger partial charge is 0.478 e. The number of hydrogen-bond donors (Lipinski definition) is 1. The fraction of sp³-hybridized carbons (Fsp3) is 0.200. The van der Waals surface area contributed by atoms with Gasteiger partial charge in [-0.3, -0.25) is 9.36 Å². The first kappa shape index (κ1) is 14.0. The number of halogens is 1. The topological polar surface area (TPSA) is 59.3 Å². The van der Waals surface area contributed by atoms with Gasteiger partial charge in [-0.1, -0.05) is 12.1 Å². The van der Waals surface area contributed by atoms with E-state index in [0.29, 0.717) is 11.1 Å². The lowest BCUT2D eigenvalue weighted by atomic mass is 10.1. The average Bonchev–Trinajstić information content (AvgIpc) is 2.31. The maximum atomic E-state index is 14.0. The first-order chi connectivity index (χ1) is 9.34. The highest BCUT2D eigenvalue weighted by molar-refractivity contribution is 5.90. The van der Waals surface area contributed by atoms with Gasteiger partial charge in [0.25, 0.3) is 5.56 Å². The Morgan fingerprint density at radius 1 is 1.20 bits per heavy atom. The molecule has 2 aromatic rings. The molecule has 0 saturated heterocycles. The van der Waals surface area contributed by atoms with Crippen LogP contribution in [-0.4, -0.2) is 15.6 Å². The molecule has 20 heavy (non-hydrogen) atoms. The Labute approximate surface area is 115 Å². The van der Waals surface area contributed by atoms with E-state index in [0.717, 1.165) is 4.57 Å². The molecule has 0 unspecified atom stereocenters. The van der Waals surface area contributed by atoms with Gasteiger partial charge in [0.2, 0.25) is 0 Å². The van der Waals surface area contributed by atoms with E-state index >= 15 is 0 Å². The van der Waals surface area contributed by atoms with Crippen LogP contribution in [0, 0.1) is 26.6 Å². The summed E-state index contributed by atoms with van der Waals surface area (Å²) in [6.45, 7) is 4.73. The van der Waals surface area contributed by atoms with Gasteiger partial charge in [-0.2, -0.15) is 0 Å². The van der Waals surface area contributed by atoms with Crippen molar-refractivity contribution in [1.29, 1.82) is 0 Å². The molecular weight excluding hydrogens is 261 g/mol. The van der Waals surface area contributed by atoms with Crippen LogP contribution >= 0.6 is 0 Å². The Morgan fingerprint density at radius 2 is 1.85 bits per heavy atom. The van der Waals surface area contributed by atoms with Gasteiger partial charge in [0.1, 0.15) is 5.82 Å². The lowest BCUT2D eigenvalue weighted by Crippen LogP contribution is -2.25. The fourth-order valence-corrected chi connectivity index (χ4v) is 2.39. The van der Waals surface area contributed by atoms with Crippen molar-refractivity contribution in [3.05, 3.63) is 62.8 Å². The van der Waals surface area contributed by atoms with Gasteiger partial charge in [-0.15, -0.1) is 0 Å². The summed E-state index contributed by atoms with van der Waals surface area (Å²) in [5, 5.41) is 9.24. The number of aryl methyl sites for hydroxylation is 2. The second-order valence-corrected chi connectivity index (χ2v) is 4.67. The normalized spacial score (nSPS) is 10.6. The van der Waals surface area contributed by atoms with Gasteiger partial charge in [0, 0.05) is 11.8 Å². The Hall–Kier alpha value is -2.43. The predicted octanol–water partition coefficient (Wildman–Crippen LogP) is 2.60. The van der Waals surface area contributed by atoms with Crippen LogP contribution in [0.1, 0.15) is 27.2 Å². The standard InChI is InChI=1S/C15H14FNO3/c1-8-5-4-6-11(16)14(8)17-10(3)13(15(19)20)9(2)7-12(17)18/h4-7H,1-3H3,(H,19,20). The van der Waals surface area contributed by atoms with E-state index in [2.05, 4.69) is 0 Å². The monoisotopic (exact) mass is 275 g/mol. The van der Waals surface area contributed by atoms with Crippen LogP contribution in [-0.2, 0) is 0 Å². The van der Waals surface area contributed by atoms with E-state index in [9.17, 15) is 19.1 Å². The maximum Gasteiger partial charge on any atom is 0.337 e. The van der Waals surface area contributed by atoms with E-state index in [1.807, 2.05) is 0 Å². The lowest BCUT2D eigenvalue weighted by molar-refractivity contribution is 0.0694. The van der Waals surface area contributed by atoms with Gasteiger partial charge in [0.15, 0.2) is 0 Å². The molecule has 0 saturated carbocycles. The Bertz CT molecular complexity index is 742. The van der Waals surface area contributed by atoms with Crippen molar-refractivity contribution in [2.24, 2.45) is 0 Å². The van der Waals surface area contributed by atoms with Crippen LogP contribution in [0.4, 0.5) is 4.39 Å². The molecule has 1 aromatic carbocycles. The van der Waals surface area contributed by atoms with Crippen molar-refractivity contribution >= 4 is 5.97 Å². The number of para-hydroxylation sites is 1. The zero-order chi connectivity index (χ0) is 15.0. The first-order valence-corrected chi connectivity index (χ1v) is 6.06. The van der Waals surface area contributed by atoms with Crippen molar-refractivity contribution in [3.8, 4) is 5.69 Å². The third kappa shape index (κ3) is 2.11. The summed E-state index contributed by atoms with van der Waals surface area (Å²) in [6, 6.07) is 5.67. The van der Waals surface area contributed by atoms with Crippen LogP contribution in [0.2, 0.25) is 0 Å². The molecule has 0 amide bonds. The highest BCUT2D eigenvalue weighted by atomic mass is 19.1. The van der Waals surface area contributed by atoms with Crippen molar-refractivity contribution < 1.29 is 14.3 Å². The molecule has 2 rings (SSSR count). The number of aromatic nitrogens is 1. The minimum absolute atomic E-state index is 0.0206. The van der Waals surface area contributed by atoms with E-state index in [4.69, 9.17) is 0 Å². The van der Waals surface area contributed by atoms with Crippen molar-refractivity contribution in [1.82, 2.24) is 4.57 Å². The molecular formula is C15H14FNO3. The van der Waals surface area contributed by atoms with Gasteiger partial charge >= 0.3 is 5.97 Å². The summed E-state index contributed by atoms with van der Waals surface area (Å²) in [6.07, 6.45) is 0. The Balaban J connectivity index is 2.92. The third-order valence-electron chi connectivity index (χ3n) is 3.28. The summed E-state index contributed by atoms with van der Waals surface area (Å²) < 4.78 is 15.1. The minimum Gasteiger partial charge on any atom is -0.478 e. The van der Waals surface area contributed by atoms with Gasteiger partial charge in [-0.05, 0) is 38.0 Å². The van der Waals surface area contributed by atoms with Gasteiger partial charge in [0.05, 0.1) is 11.3 Å². The van der Waals surface area contributed by atoms with Crippen LogP contribution in [0.5, 0.6) is 0 Å². The van der Waals surface area contributed by atoms with Crippen LogP contribution in [0.25, 0.3) is 5.69 Å². The third-order valence-corrected chi connectivity index (χ3v) is 3.28. The minimum atomic E-state index is -1.14. The Morgan fingerprint density at radius 3 is 2.40 bits per heavy atom. The van der Waals surface area contributed by atoms with Crippen molar-refractivity contribution in [2.45, 2.75) is 20.8 Å². The van der Waals surface area contributed by atoms with Gasteiger partial charge < -0.3 is 5.11 Å². The second-order valence-electron chi connectivity index (χ2n) is 4.67. The molecule has 104 valence electrons. The summed E-state index contributed by atoms with van der Waals surface area (Å²) in [5.74, 6) is -1.70. The van der Waals surface area contributed by atoms with Crippen LogP contribution in [0.15, 0.2) is 29.1 Å². The fourth-order valence-electron chi connectivity index (χ4n) is 2.39. The van der Waals surface area contributed by atoms with Crippen LogP contribution in [0.3, 0.4) is 0 Å². The molecule has 1 aromatic heterocycles. The predicted molar refractivity (Wildman–Crippen MR) is 73.2 cm³/mol. The first-order valence-electron chi connectivity index (χ1n) is 6.06. The highest BCUT2D eigenvalue weighted by Crippen LogP contribution is 2.21.